The van der Waals surface area contributed by atoms with Gasteiger partial charge in [-0.05, 0) is 30.2 Å². The smallest absolute Gasteiger partial charge is 0.205 e. The minimum Gasteiger partial charge on any atom is -0.497 e. The van der Waals surface area contributed by atoms with Crippen molar-refractivity contribution >= 4 is 10.9 Å². The molecule has 1 aromatic heterocycles. The summed E-state index contributed by atoms with van der Waals surface area (Å²) in [5, 5.41) is 0.969. The number of hydrogen-bond donors (Lipinski definition) is 0. The minimum absolute atomic E-state index is 0.509. The maximum Gasteiger partial charge on any atom is 0.205 e. The SMILES string of the molecule is COc1ccc2cnc(C#Cc3ccccc3)nc2c1. The molecule has 0 bridgehead atoms. The Hall–Kier alpha value is -2.86. The van der Waals surface area contributed by atoms with Gasteiger partial charge in [0.05, 0.1) is 12.6 Å². The summed E-state index contributed by atoms with van der Waals surface area (Å²) in [7, 11) is 1.64. The largest absolute Gasteiger partial charge is 0.497 e. The molecule has 0 unspecified atom stereocenters. The standard InChI is InChI=1S/C17H12N2O/c1-20-15-9-8-14-12-18-17(19-16(14)11-15)10-7-13-5-3-2-4-6-13/h2-6,8-9,11-12H,1H3. The lowest BCUT2D eigenvalue weighted by Gasteiger charge is -2.01. The van der Waals surface area contributed by atoms with Gasteiger partial charge in [0.2, 0.25) is 5.82 Å². The second-order valence-corrected chi connectivity index (χ2v) is 4.23. The van der Waals surface area contributed by atoms with E-state index >= 15 is 0 Å². The second-order valence-electron chi connectivity index (χ2n) is 4.23. The van der Waals surface area contributed by atoms with Crippen molar-refractivity contribution in [3.05, 3.63) is 66.1 Å². The van der Waals surface area contributed by atoms with Crippen LogP contribution in [0.2, 0.25) is 0 Å². The highest BCUT2D eigenvalue weighted by Gasteiger charge is 1.99. The van der Waals surface area contributed by atoms with Crippen molar-refractivity contribution in [2.75, 3.05) is 7.11 Å². The molecular formula is C17H12N2O. The maximum absolute atomic E-state index is 5.20. The van der Waals surface area contributed by atoms with E-state index in [1.165, 1.54) is 0 Å². The molecule has 3 rings (SSSR count). The number of fused-ring (bicyclic) bond motifs is 1. The molecule has 0 amide bonds. The Balaban J connectivity index is 1.99. The van der Waals surface area contributed by atoms with Crippen LogP contribution < -0.4 is 4.74 Å². The first-order chi connectivity index (χ1) is 9.85. The van der Waals surface area contributed by atoms with E-state index in [1.807, 2.05) is 48.5 Å². The second kappa shape index (κ2) is 5.41. The molecule has 0 aliphatic rings. The molecule has 0 aliphatic carbocycles. The van der Waals surface area contributed by atoms with Crippen molar-refractivity contribution in [3.8, 4) is 17.6 Å². The van der Waals surface area contributed by atoms with Crippen molar-refractivity contribution < 1.29 is 4.74 Å². The fraction of sp³-hybridized carbons (Fsp3) is 0.0588. The summed E-state index contributed by atoms with van der Waals surface area (Å²) in [6, 6.07) is 15.5. The lowest BCUT2D eigenvalue weighted by Crippen LogP contribution is -1.91. The molecule has 0 saturated heterocycles. The topological polar surface area (TPSA) is 35.0 Å². The first-order valence-electron chi connectivity index (χ1n) is 6.23. The number of rotatable bonds is 1. The van der Waals surface area contributed by atoms with Crippen LogP contribution in [0, 0.1) is 11.8 Å². The molecule has 3 aromatic rings. The molecule has 3 nitrogen and oxygen atoms in total. The zero-order valence-corrected chi connectivity index (χ0v) is 11.0. The summed E-state index contributed by atoms with van der Waals surface area (Å²) < 4.78 is 5.20. The number of benzene rings is 2. The Bertz CT molecular complexity index is 801. The minimum atomic E-state index is 0.509. The number of hydrogen-bond acceptors (Lipinski definition) is 3. The molecule has 0 aliphatic heterocycles. The molecule has 3 heteroatoms. The number of nitrogens with zero attached hydrogens (tertiary/aromatic N) is 2. The van der Waals surface area contributed by atoms with Crippen LogP contribution in [0.1, 0.15) is 11.4 Å². The van der Waals surface area contributed by atoms with E-state index in [0.29, 0.717) is 5.82 Å². The predicted octanol–water partition coefficient (Wildman–Crippen LogP) is 3.04. The molecule has 0 N–H and O–H groups in total. The Labute approximate surface area is 117 Å². The van der Waals surface area contributed by atoms with Crippen LogP contribution >= 0.6 is 0 Å². The van der Waals surface area contributed by atoms with Crippen LogP contribution in [0.5, 0.6) is 5.75 Å². The van der Waals surface area contributed by atoms with Crippen LogP contribution in [0.15, 0.2) is 54.7 Å². The summed E-state index contributed by atoms with van der Waals surface area (Å²) in [6.45, 7) is 0. The third-order valence-corrected chi connectivity index (χ3v) is 2.88. The van der Waals surface area contributed by atoms with Gasteiger partial charge in [-0.2, -0.15) is 0 Å². The number of aromatic nitrogens is 2. The average molecular weight is 260 g/mol. The van der Waals surface area contributed by atoms with Gasteiger partial charge >= 0.3 is 0 Å². The molecule has 96 valence electrons. The van der Waals surface area contributed by atoms with Gasteiger partial charge in [-0.15, -0.1) is 0 Å². The van der Waals surface area contributed by atoms with Gasteiger partial charge in [-0.3, -0.25) is 0 Å². The average Bonchev–Trinajstić information content (AvgIpc) is 2.53. The maximum atomic E-state index is 5.20. The lowest BCUT2D eigenvalue weighted by molar-refractivity contribution is 0.415. The summed E-state index contributed by atoms with van der Waals surface area (Å²) in [5.41, 5.74) is 1.78. The van der Waals surface area contributed by atoms with Crippen molar-refractivity contribution in [2.24, 2.45) is 0 Å². The van der Waals surface area contributed by atoms with Gasteiger partial charge in [-0.25, -0.2) is 9.97 Å². The van der Waals surface area contributed by atoms with Crippen LogP contribution in [0.25, 0.3) is 10.9 Å². The van der Waals surface area contributed by atoms with Crippen molar-refractivity contribution in [3.63, 3.8) is 0 Å². The van der Waals surface area contributed by atoms with Crippen molar-refractivity contribution in [1.29, 1.82) is 0 Å². The number of methoxy groups -OCH3 is 1. The highest BCUT2D eigenvalue weighted by atomic mass is 16.5. The van der Waals surface area contributed by atoms with Crippen molar-refractivity contribution in [1.82, 2.24) is 9.97 Å². The quantitative estimate of drug-likeness (QED) is 0.631. The van der Waals surface area contributed by atoms with Gasteiger partial charge < -0.3 is 4.74 Å². The Kier molecular flexibility index (Phi) is 3.30. The third-order valence-electron chi connectivity index (χ3n) is 2.88. The van der Waals surface area contributed by atoms with Crippen LogP contribution in [0.3, 0.4) is 0 Å². The molecule has 0 radical (unpaired) electrons. The van der Waals surface area contributed by atoms with E-state index in [1.54, 1.807) is 13.3 Å². The monoisotopic (exact) mass is 260 g/mol. The van der Waals surface area contributed by atoms with E-state index in [4.69, 9.17) is 4.74 Å². The normalized spacial score (nSPS) is 9.85. The van der Waals surface area contributed by atoms with Crippen LogP contribution in [-0.2, 0) is 0 Å². The fourth-order valence-electron chi connectivity index (χ4n) is 1.84. The van der Waals surface area contributed by atoms with Gasteiger partial charge in [0, 0.05) is 23.2 Å². The number of ether oxygens (including phenoxy) is 1. The van der Waals surface area contributed by atoms with Gasteiger partial charge in [0.15, 0.2) is 0 Å². The van der Waals surface area contributed by atoms with Gasteiger partial charge in [-0.1, -0.05) is 24.1 Å². The Morgan fingerprint density at radius 1 is 1.00 bits per heavy atom. The molecule has 0 saturated carbocycles. The Morgan fingerprint density at radius 3 is 2.65 bits per heavy atom. The molecule has 0 fully saturated rings. The van der Waals surface area contributed by atoms with E-state index in [2.05, 4.69) is 21.8 Å². The summed E-state index contributed by atoms with van der Waals surface area (Å²) in [6.07, 6.45) is 1.77. The molecule has 20 heavy (non-hydrogen) atoms. The van der Waals surface area contributed by atoms with E-state index in [0.717, 1.165) is 22.2 Å². The van der Waals surface area contributed by atoms with E-state index in [-0.39, 0.29) is 0 Å². The fourth-order valence-corrected chi connectivity index (χ4v) is 1.84. The molecule has 1 heterocycles. The Morgan fingerprint density at radius 2 is 1.85 bits per heavy atom. The van der Waals surface area contributed by atoms with Gasteiger partial charge in [0.1, 0.15) is 5.75 Å². The molecule has 0 atom stereocenters. The summed E-state index contributed by atoms with van der Waals surface area (Å²) in [4.78, 5) is 8.69. The van der Waals surface area contributed by atoms with E-state index < -0.39 is 0 Å². The van der Waals surface area contributed by atoms with Crippen LogP contribution in [0.4, 0.5) is 0 Å². The first-order valence-corrected chi connectivity index (χ1v) is 6.23. The molecular weight excluding hydrogens is 248 g/mol. The summed E-state index contributed by atoms with van der Waals surface area (Å²) >= 11 is 0. The van der Waals surface area contributed by atoms with E-state index in [9.17, 15) is 0 Å². The predicted molar refractivity (Wildman–Crippen MR) is 78.5 cm³/mol. The zero-order chi connectivity index (χ0) is 13.8. The lowest BCUT2D eigenvalue weighted by atomic mass is 10.2. The van der Waals surface area contributed by atoms with Crippen molar-refractivity contribution in [2.45, 2.75) is 0 Å². The highest BCUT2D eigenvalue weighted by molar-refractivity contribution is 5.79. The highest BCUT2D eigenvalue weighted by Crippen LogP contribution is 2.18. The zero-order valence-electron chi connectivity index (χ0n) is 11.0. The van der Waals surface area contributed by atoms with Crippen LogP contribution in [-0.4, -0.2) is 17.1 Å². The summed E-state index contributed by atoms with van der Waals surface area (Å²) in [5.74, 6) is 7.31. The first kappa shape index (κ1) is 12.2. The molecule has 0 spiro atoms. The third kappa shape index (κ3) is 2.60. The molecule has 2 aromatic carbocycles. The van der Waals surface area contributed by atoms with Gasteiger partial charge in [0.25, 0.3) is 0 Å².